The molecule has 3 nitrogen and oxygen atoms in total. The van der Waals surface area contributed by atoms with E-state index in [1.54, 1.807) is 0 Å². The zero-order valence-electron chi connectivity index (χ0n) is 10.6. The van der Waals surface area contributed by atoms with Crippen LogP contribution >= 0.6 is 15.9 Å². The van der Waals surface area contributed by atoms with Gasteiger partial charge in [0.05, 0.1) is 5.56 Å². The monoisotopic (exact) mass is 350 g/mol. The molecule has 20 heavy (non-hydrogen) atoms. The van der Waals surface area contributed by atoms with E-state index in [0.29, 0.717) is 12.6 Å². The summed E-state index contributed by atoms with van der Waals surface area (Å²) in [5, 5.41) is 5.65. The minimum absolute atomic E-state index is 0.0431. The summed E-state index contributed by atoms with van der Waals surface area (Å²) in [6, 6.07) is 4.15. The van der Waals surface area contributed by atoms with E-state index in [9.17, 15) is 18.0 Å². The van der Waals surface area contributed by atoms with Gasteiger partial charge in [0.25, 0.3) is 0 Å². The van der Waals surface area contributed by atoms with Gasteiger partial charge in [0, 0.05) is 29.2 Å². The molecular weight excluding hydrogens is 337 g/mol. The van der Waals surface area contributed by atoms with Crippen molar-refractivity contribution in [2.45, 2.75) is 31.5 Å². The Balaban J connectivity index is 1.92. The second kappa shape index (κ2) is 6.13. The fraction of sp³-hybridized carbons (Fsp3) is 0.462. The highest BCUT2D eigenvalue weighted by Gasteiger charge is 2.33. The third-order valence-electron chi connectivity index (χ3n) is 2.92. The predicted molar refractivity (Wildman–Crippen MR) is 73.4 cm³/mol. The number of rotatable bonds is 5. The molecule has 1 aromatic carbocycles. The van der Waals surface area contributed by atoms with Crippen LogP contribution in [0.1, 0.15) is 24.8 Å². The lowest BCUT2D eigenvalue weighted by molar-refractivity contribution is -0.138. The van der Waals surface area contributed by atoms with Gasteiger partial charge in [-0.1, -0.05) is 15.9 Å². The summed E-state index contributed by atoms with van der Waals surface area (Å²) in [6.07, 6.45) is -1.95. The molecule has 1 aliphatic carbocycles. The lowest BCUT2D eigenvalue weighted by Crippen LogP contribution is -2.23. The first kappa shape index (κ1) is 15.3. The molecule has 0 aliphatic heterocycles. The molecule has 110 valence electrons. The van der Waals surface area contributed by atoms with Crippen LogP contribution in [0.4, 0.5) is 18.9 Å². The van der Waals surface area contributed by atoms with Crippen molar-refractivity contribution in [3.8, 4) is 0 Å². The number of halogens is 4. The lowest BCUT2D eigenvalue weighted by atomic mass is 10.2. The third-order valence-corrected chi connectivity index (χ3v) is 3.61. The molecule has 7 heteroatoms. The zero-order chi connectivity index (χ0) is 14.8. The van der Waals surface area contributed by atoms with Crippen LogP contribution in [0.2, 0.25) is 0 Å². The minimum atomic E-state index is -4.45. The van der Waals surface area contributed by atoms with Gasteiger partial charge in [0.1, 0.15) is 0 Å². The normalized spacial score (nSPS) is 15.2. The molecule has 2 N–H and O–H groups in total. The van der Waals surface area contributed by atoms with Crippen molar-refractivity contribution in [3.05, 3.63) is 28.2 Å². The maximum atomic E-state index is 12.7. The number of alkyl halides is 3. The van der Waals surface area contributed by atoms with Gasteiger partial charge in [-0.15, -0.1) is 0 Å². The van der Waals surface area contributed by atoms with E-state index in [1.165, 1.54) is 12.1 Å². The van der Waals surface area contributed by atoms with Crippen molar-refractivity contribution < 1.29 is 18.0 Å². The fourth-order valence-electron chi connectivity index (χ4n) is 1.72. The Kier molecular flexibility index (Phi) is 4.70. The maximum Gasteiger partial charge on any atom is 0.417 e. The zero-order valence-corrected chi connectivity index (χ0v) is 12.1. The van der Waals surface area contributed by atoms with Crippen molar-refractivity contribution in [1.29, 1.82) is 0 Å². The van der Waals surface area contributed by atoms with Gasteiger partial charge >= 0.3 is 6.18 Å². The Bertz CT molecular complexity index is 501. The summed E-state index contributed by atoms with van der Waals surface area (Å²) in [5.41, 5.74) is -0.650. The molecule has 1 fully saturated rings. The first-order chi connectivity index (χ1) is 9.36. The van der Waals surface area contributed by atoms with E-state index >= 15 is 0 Å². The molecule has 0 aromatic heterocycles. The van der Waals surface area contributed by atoms with Crippen LogP contribution in [-0.2, 0) is 11.0 Å². The third kappa shape index (κ3) is 4.49. The molecule has 0 spiro atoms. The SMILES string of the molecule is O=C(CCNC1CC1)Nc1ccc(Br)c(C(F)(F)F)c1. The highest BCUT2D eigenvalue weighted by atomic mass is 79.9. The number of amides is 1. The van der Waals surface area contributed by atoms with Crippen molar-refractivity contribution in [2.75, 3.05) is 11.9 Å². The standard InChI is InChI=1S/C13H14BrF3N2O/c14-11-4-3-9(7-10(11)13(15,16)17)19-12(20)5-6-18-8-1-2-8/h3-4,7-8,18H,1-2,5-6H2,(H,19,20). The second-order valence-electron chi connectivity index (χ2n) is 4.72. The molecule has 0 atom stereocenters. The summed E-state index contributed by atoms with van der Waals surface area (Å²) in [5.74, 6) is -0.298. The van der Waals surface area contributed by atoms with E-state index in [2.05, 4.69) is 26.6 Å². The van der Waals surface area contributed by atoms with Gasteiger partial charge < -0.3 is 10.6 Å². The van der Waals surface area contributed by atoms with Crippen LogP contribution in [0.3, 0.4) is 0 Å². The predicted octanol–water partition coefficient (Wildman–Crippen LogP) is 3.55. The second-order valence-corrected chi connectivity index (χ2v) is 5.57. The van der Waals surface area contributed by atoms with Crippen LogP contribution in [0.5, 0.6) is 0 Å². The van der Waals surface area contributed by atoms with Gasteiger partial charge in [-0.05, 0) is 31.0 Å². The summed E-state index contributed by atoms with van der Waals surface area (Å²) >= 11 is 2.85. The number of hydrogen-bond donors (Lipinski definition) is 2. The highest BCUT2D eigenvalue weighted by molar-refractivity contribution is 9.10. The van der Waals surface area contributed by atoms with Crippen molar-refractivity contribution in [1.82, 2.24) is 5.32 Å². The number of hydrogen-bond acceptors (Lipinski definition) is 2. The average molecular weight is 351 g/mol. The molecule has 0 radical (unpaired) electrons. The molecule has 1 saturated carbocycles. The van der Waals surface area contributed by atoms with Crippen LogP contribution < -0.4 is 10.6 Å². The Labute approximate surface area is 123 Å². The van der Waals surface area contributed by atoms with Gasteiger partial charge in [-0.25, -0.2) is 0 Å². The molecule has 0 heterocycles. The largest absolute Gasteiger partial charge is 0.417 e. The molecule has 0 bridgehead atoms. The van der Waals surface area contributed by atoms with Gasteiger partial charge in [-0.2, -0.15) is 13.2 Å². The summed E-state index contributed by atoms with van der Waals surface area (Å²) in [6.45, 7) is 0.541. The quantitative estimate of drug-likeness (QED) is 0.852. The maximum absolute atomic E-state index is 12.7. The molecule has 0 unspecified atom stereocenters. The number of carbonyl (C=O) groups excluding carboxylic acids is 1. The van der Waals surface area contributed by atoms with E-state index in [-0.39, 0.29) is 22.5 Å². The van der Waals surface area contributed by atoms with E-state index in [4.69, 9.17) is 0 Å². The Hall–Kier alpha value is -1.08. The first-order valence-corrected chi connectivity index (χ1v) is 7.05. The number of anilines is 1. The van der Waals surface area contributed by atoms with Crippen LogP contribution in [0.25, 0.3) is 0 Å². The molecule has 1 aromatic rings. The number of benzene rings is 1. The smallest absolute Gasteiger partial charge is 0.326 e. The fourth-order valence-corrected chi connectivity index (χ4v) is 2.19. The van der Waals surface area contributed by atoms with Crippen LogP contribution in [0, 0.1) is 0 Å². The Morgan fingerprint density at radius 3 is 2.65 bits per heavy atom. The van der Waals surface area contributed by atoms with Crippen molar-refractivity contribution in [2.24, 2.45) is 0 Å². The topological polar surface area (TPSA) is 41.1 Å². The number of carbonyl (C=O) groups is 1. The van der Waals surface area contributed by atoms with Crippen LogP contribution in [0.15, 0.2) is 22.7 Å². The van der Waals surface area contributed by atoms with E-state index < -0.39 is 11.7 Å². The average Bonchev–Trinajstić information content (AvgIpc) is 3.14. The number of nitrogens with one attached hydrogen (secondary N) is 2. The van der Waals surface area contributed by atoms with E-state index in [1.807, 2.05) is 0 Å². The van der Waals surface area contributed by atoms with Gasteiger partial charge in [0.15, 0.2) is 0 Å². The Morgan fingerprint density at radius 1 is 1.35 bits per heavy atom. The van der Waals surface area contributed by atoms with Gasteiger partial charge in [-0.3, -0.25) is 4.79 Å². The van der Waals surface area contributed by atoms with Crippen LogP contribution in [-0.4, -0.2) is 18.5 Å². The first-order valence-electron chi connectivity index (χ1n) is 6.26. The summed E-state index contributed by atoms with van der Waals surface area (Å²) < 4.78 is 38.1. The molecule has 1 aliphatic rings. The molecule has 1 amide bonds. The lowest BCUT2D eigenvalue weighted by Gasteiger charge is -2.12. The molecule has 0 saturated heterocycles. The van der Waals surface area contributed by atoms with Gasteiger partial charge in [0.2, 0.25) is 5.91 Å². The Morgan fingerprint density at radius 2 is 2.05 bits per heavy atom. The van der Waals surface area contributed by atoms with Crippen molar-refractivity contribution >= 4 is 27.5 Å². The van der Waals surface area contributed by atoms with Crippen molar-refractivity contribution in [3.63, 3.8) is 0 Å². The highest BCUT2D eigenvalue weighted by Crippen LogP contribution is 2.36. The summed E-state index contributed by atoms with van der Waals surface area (Å²) in [7, 11) is 0. The van der Waals surface area contributed by atoms with E-state index in [0.717, 1.165) is 18.9 Å². The summed E-state index contributed by atoms with van der Waals surface area (Å²) in [4.78, 5) is 11.6. The molecule has 2 rings (SSSR count). The molecular formula is C13H14BrF3N2O. The minimum Gasteiger partial charge on any atom is -0.326 e.